The van der Waals surface area contributed by atoms with Gasteiger partial charge >= 0.3 is 0 Å². The van der Waals surface area contributed by atoms with Crippen LogP contribution in [0.15, 0.2) is 5.16 Å². The zero-order chi connectivity index (χ0) is 15.3. The van der Waals surface area contributed by atoms with E-state index in [1.54, 1.807) is 0 Å². The molecule has 1 heterocycles. The molecule has 1 atom stereocenters. The molecule has 1 aromatic rings. The van der Waals surface area contributed by atoms with Crippen LogP contribution in [-0.2, 0) is 11.3 Å². The highest BCUT2D eigenvalue weighted by atomic mass is 32.2. The minimum atomic E-state index is -0.213. The topological polar surface area (TPSA) is 46.9 Å². The van der Waals surface area contributed by atoms with Gasteiger partial charge in [-0.25, -0.2) is 4.98 Å². The third-order valence-electron chi connectivity index (χ3n) is 2.99. The lowest BCUT2D eigenvalue weighted by molar-refractivity contribution is -0.120. The van der Waals surface area contributed by atoms with Crippen molar-refractivity contribution < 1.29 is 4.79 Å². The molecule has 1 rings (SSSR count). The number of imidazole rings is 1. The zero-order valence-corrected chi connectivity index (χ0v) is 13.7. The number of hydrogen-bond acceptors (Lipinski definition) is 3. The van der Waals surface area contributed by atoms with Crippen LogP contribution in [0.5, 0.6) is 0 Å². The van der Waals surface area contributed by atoms with E-state index in [-0.39, 0.29) is 17.7 Å². The van der Waals surface area contributed by atoms with Crippen LogP contribution in [0.4, 0.5) is 0 Å². The normalized spacial score (nSPS) is 12.2. The summed E-state index contributed by atoms with van der Waals surface area (Å²) < 4.78 is 2.19. The molecule has 0 aliphatic heterocycles. The molecule has 0 aromatic carbocycles. The molecule has 0 aliphatic carbocycles. The molecule has 1 amide bonds. The Kier molecular flexibility index (Phi) is 6.15. The highest BCUT2D eigenvalue weighted by molar-refractivity contribution is 8.00. The first kappa shape index (κ1) is 16.6. The van der Waals surface area contributed by atoms with Crippen molar-refractivity contribution in [1.29, 1.82) is 0 Å². The Labute approximate surface area is 125 Å². The monoisotopic (exact) mass is 293 g/mol. The van der Waals surface area contributed by atoms with E-state index >= 15 is 0 Å². The lowest BCUT2D eigenvalue weighted by Crippen LogP contribution is -2.31. The van der Waals surface area contributed by atoms with E-state index in [9.17, 15) is 4.79 Å². The van der Waals surface area contributed by atoms with Crippen LogP contribution in [0.1, 0.15) is 32.2 Å². The van der Waals surface area contributed by atoms with Gasteiger partial charge in [-0.05, 0) is 26.7 Å². The molecule has 1 unspecified atom stereocenters. The standard InChI is InChI=1S/C15H23N3OS/c1-7-8-16-14(19)13(6)20-15-17-11(4)12(5)18(15)9-10(2)3/h1,10,13H,8-9H2,2-6H3,(H,16,19). The van der Waals surface area contributed by atoms with Gasteiger partial charge in [0, 0.05) is 12.2 Å². The van der Waals surface area contributed by atoms with Gasteiger partial charge in [0.25, 0.3) is 0 Å². The Bertz CT molecular complexity index is 514. The van der Waals surface area contributed by atoms with Gasteiger partial charge in [-0.3, -0.25) is 4.79 Å². The van der Waals surface area contributed by atoms with Gasteiger partial charge in [-0.1, -0.05) is 31.5 Å². The number of aromatic nitrogens is 2. The Morgan fingerprint density at radius 2 is 2.10 bits per heavy atom. The molecule has 1 aromatic heterocycles. The minimum absolute atomic E-state index is 0.0534. The van der Waals surface area contributed by atoms with Crippen LogP contribution in [0, 0.1) is 32.1 Å². The third kappa shape index (κ3) is 4.31. The van der Waals surface area contributed by atoms with Gasteiger partial charge in [-0.15, -0.1) is 6.42 Å². The van der Waals surface area contributed by atoms with Crippen LogP contribution < -0.4 is 5.32 Å². The number of nitrogens with one attached hydrogen (secondary N) is 1. The Morgan fingerprint density at radius 1 is 1.45 bits per heavy atom. The molecule has 0 saturated carbocycles. The summed E-state index contributed by atoms with van der Waals surface area (Å²) in [6.07, 6.45) is 5.14. The van der Waals surface area contributed by atoms with E-state index in [0.717, 1.165) is 23.1 Å². The van der Waals surface area contributed by atoms with E-state index in [4.69, 9.17) is 6.42 Å². The van der Waals surface area contributed by atoms with Crippen molar-refractivity contribution in [3.8, 4) is 12.3 Å². The van der Waals surface area contributed by atoms with E-state index < -0.39 is 0 Å². The van der Waals surface area contributed by atoms with E-state index in [0.29, 0.717) is 5.92 Å². The SMILES string of the molecule is C#CCNC(=O)C(C)Sc1nc(C)c(C)n1CC(C)C. The number of hydrogen-bond donors (Lipinski definition) is 1. The van der Waals surface area contributed by atoms with Crippen LogP contribution in [0.25, 0.3) is 0 Å². The number of amides is 1. The number of nitrogens with zero attached hydrogens (tertiary/aromatic N) is 2. The third-order valence-corrected chi connectivity index (χ3v) is 4.08. The molecule has 0 spiro atoms. The Hall–Kier alpha value is -1.41. The van der Waals surface area contributed by atoms with Crippen molar-refractivity contribution in [2.45, 2.75) is 51.6 Å². The van der Waals surface area contributed by atoms with Gasteiger partial charge < -0.3 is 9.88 Å². The van der Waals surface area contributed by atoms with Gasteiger partial charge in [0.2, 0.25) is 5.91 Å². The summed E-state index contributed by atoms with van der Waals surface area (Å²) in [6, 6.07) is 0. The van der Waals surface area contributed by atoms with Crippen LogP contribution >= 0.6 is 11.8 Å². The van der Waals surface area contributed by atoms with Crippen molar-refractivity contribution in [1.82, 2.24) is 14.9 Å². The molecular weight excluding hydrogens is 270 g/mol. The number of terminal acetylenes is 1. The summed E-state index contributed by atoms with van der Waals surface area (Å²) in [6.45, 7) is 11.5. The van der Waals surface area contributed by atoms with Crippen molar-refractivity contribution in [3.05, 3.63) is 11.4 Å². The van der Waals surface area contributed by atoms with Crippen molar-refractivity contribution >= 4 is 17.7 Å². The fourth-order valence-corrected chi connectivity index (χ4v) is 2.82. The molecule has 1 N–H and O–H groups in total. The lowest BCUT2D eigenvalue weighted by atomic mass is 10.2. The van der Waals surface area contributed by atoms with Crippen LogP contribution in [0.3, 0.4) is 0 Å². The van der Waals surface area contributed by atoms with Crippen LogP contribution in [0.2, 0.25) is 0 Å². The zero-order valence-electron chi connectivity index (χ0n) is 12.9. The number of carbonyl (C=O) groups excluding carboxylic acids is 1. The summed E-state index contributed by atoms with van der Waals surface area (Å²) in [5.74, 6) is 2.89. The fraction of sp³-hybridized carbons (Fsp3) is 0.600. The molecule has 0 saturated heterocycles. The highest BCUT2D eigenvalue weighted by Gasteiger charge is 2.19. The average Bonchev–Trinajstić information content (AvgIpc) is 2.63. The summed E-state index contributed by atoms with van der Waals surface area (Å²) in [4.78, 5) is 16.4. The van der Waals surface area contributed by atoms with Gasteiger partial charge in [0.15, 0.2) is 5.16 Å². The van der Waals surface area contributed by atoms with E-state index in [2.05, 4.69) is 41.6 Å². The number of thioether (sulfide) groups is 1. The van der Waals surface area contributed by atoms with Crippen molar-refractivity contribution in [2.75, 3.05) is 6.54 Å². The molecule has 5 heteroatoms. The summed E-state index contributed by atoms with van der Waals surface area (Å²) in [5, 5.41) is 3.39. The van der Waals surface area contributed by atoms with Gasteiger partial charge in [0.1, 0.15) is 0 Å². The number of aryl methyl sites for hydroxylation is 1. The fourth-order valence-electron chi connectivity index (χ4n) is 1.79. The van der Waals surface area contributed by atoms with Crippen molar-refractivity contribution in [2.24, 2.45) is 5.92 Å². The molecule has 0 fully saturated rings. The first-order valence-electron chi connectivity index (χ1n) is 6.78. The molecule has 0 aliphatic rings. The molecule has 0 bridgehead atoms. The predicted octanol–water partition coefficient (Wildman–Crippen LogP) is 2.39. The number of carbonyl (C=O) groups is 1. The second kappa shape index (κ2) is 7.39. The second-order valence-corrected chi connectivity index (χ2v) is 6.56. The van der Waals surface area contributed by atoms with Gasteiger partial charge in [0.05, 0.1) is 17.5 Å². The molecule has 20 heavy (non-hydrogen) atoms. The maximum absolute atomic E-state index is 11.9. The first-order valence-corrected chi connectivity index (χ1v) is 7.66. The van der Waals surface area contributed by atoms with E-state index in [1.807, 2.05) is 13.8 Å². The quantitative estimate of drug-likeness (QED) is 0.647. The maximum Gasteiger partial charge on any atom is 0.234 e. The highest BCUT2D eigenvalue weighted by Crippen LogP contribution is 2.26. The largest absolute Gasteiger partial charge is 0.344 e. The minimum Gasteiger partial charge on any atom is -0.344 e. The summed E-state index contributed by atoms with van der Waals surface area (Å²) in [7, 11) is 0. The number of rotatable bonds is 6. The first-order chi connectivity index (χ1) is 9.36. The second-order valence-electron chi connectivity index (χ2n) is 5.25. The Morgan fingerprint density at radius 3 is 2.65 bits per heavy atom. The van der Waals surface area contributed by atoms with Crippen LogP contribution in [-0.4, -0.2) is 27.3 Å². The smallest absolute Gasteiger partial charge is 0.234 e. The summed E-state index contributed by atoms with van der Waals surface area (Å²) >= 11 is 1.48. The maximum atomic E-state index is 11.9. The lowest BCUT2D eigenvalue weighted by Gasteiger charge is -2.14. The molecule has 110 valence electrons. The molecule has 0 radical (unpaired) electrons. The predicted molar refractivity (Wildman–Crippen MR) is 83.7 cm³/mol. The average molecular weight is 293 g/mol. The Balaban J connectivity index is 2.84. The van der Waals surface area contributed by atoms with Gasteiger partial charge in [-0.2, -0.15) is 0 Å². The van der Waals surface area contributed by atoms with E-state index in [1.165, 1.54) is 11.8 Å². The van der Waals surface area contributed by atoms with Crippen molar-refractivity contribution in [3.63, 3.8) is 0 Å². The molecular formula is C15H23N3OS. The summed E-state index contributed by atoms with van der Waals surface area (Å²) in [5.41, 5.74) is 2.18. The molecule has 4 nitrogen and oxygen atoms in total.